The van der Waals surface area contributed by atoms with E-state index in [1.54, 1.807) is 21.3 Å². The zero-order valence-electron chi connectivity index (χ0n) is 18.4. The average Bonchev–Trinajstić information content (AvgIpc) is 2.76. The van der Waals surface area contributed by atoms with Crippen molar-refractivity contribution in [2.24, 2.45) is 23.2 Å². The van der Waals surface area contributed by atoms with E-state index in [1.165, 1.54) is 24.8 Å². The predicted molar refractivity (Wildman–Crippen MR) is 116 cm³/mol. The lowest BCUT2D eigenvalue weighted by Gasteiger charge is -2.56. The average molecular weight is 412 g/mol. The summed E-state index contributed by atoms with van der Waals surface area (Å²) in [6, 6.07) is 3.79. The molecule has 1 heterocycles. The summed E-state index contributed by atoms with van der Waals surface area (Å²) in [5.41, 5.74) is 2.10. The van der Waals surface area contributed by atoms with Crippen molar-refractivity contribution in [1.29, 1.82) is 0 Å². The van der Waals surface area contributed by atoms with Crippen molar-refractivity contribution in [3.8, 4) is 17.2 Å². The zero-order chi connectivity index (χ0) is 20.9. The summed E-state index contributed by atoms with van der Waals surface area (Å²) in [6.07, 6.45) is 10.5. The fourth-order valence-electron chi connectivity index (χ4n) is 7.11. The number of rotatable bonds is 5. The summed E-state index contributed by atoms with van der Waals surface area (Å²) >= 11 is 0. The van der Waals surface area contributed by atoms with Crippen molar-refractivity contribution in [2.45, 2.75) is 44.9 Å². The van der Waals surface area contributed by atoms with Crippen LogP contribution in [0, 0.1) is 23.2 Å². The smallest absolute Gasteiger partial charge is 0.229 e. The minimum Gasteiger partial charge on any atom is -0.496 e. The van der Waals surface area contributed by atoms with Gasteiger partial charge in [0.1, 0.15) is 17.2 Å². The van der Waals surface area contributed by atoms with Gasteiger partial charge in [-0.1, -0.05) is 6.08 Å². The molecule has 6 rings (SSSR count). The Morgan fingerprint density at radius 1 is 0.933 bits per heavy atom. The molecule has 30 heavy (non-hydrogen) atoms. The molecule has 4 bridgehead atoms. The number of methoxy groups -OCH3 is 3. The van der Waals surface area contributed by atoms with E-state index in [4.69, 9.17) is 14.2 Å². The molecule has 162 valence electrons. The Morgan fingerprint density at radius 3 is 1.93 bits per heavy atom. The topological polar surface area (TPSA) is 48.0 Å². The molecule has 1 aromatic carbocycles. The first-order valence-electron chi connectivity index (χ1n) is 11.3. The van der Waals surface area contributed by atoms with E-state index < -0.39 is 0 Å². The van der Waals surface area contributed by atoms with E-state index in [2.05, 4.69) is 11.0 Å². The second-order valence-corrected chi connectivity index (χ2v) is 9.84. The maximum absolute atomic E-state index is 13.7. The lowest BCUT2D eigenvalue weighted by atomic mass is 9.49. The first-order valence-corrected chi connectivity index (χ1v) is 11.3. The molecule has 0 spiro atoms. The minimum atomic E-state index is -0.0599. The maximum Gasteiger partial charge on any atom is 0.229 e. The van der Waals surface area contributed by atoms with Crippen LogP contribution < -0.4 is 14.2 Å². The monoisotopic (exact) mass is 411 g/mol. The Labute approximate surface area is 179 Å². The van der Waals surface area contributed by atoms with Gasteiger partial charge >= 0.3 is 0 Å². The van der Waals surface area contributed by atoms with Gasteiger partial charge < -0.3 is 19.1 Å². The lowest BCUT2D eigenvalue weighted by Crippen LogP contribution is -2.55. The molecule has 5 nitrogen and oxygen atoms in total. The third-order valence-corrected chi connectivity index (χ3v) is 8.02. The number of carbonyl (C=O) groups is 1. The van der Waals surface area contributed by atoms with Gasteiger partial charge in [-0.25, -0.2) is 0 Å². The highest BCUT2D eigenvalue weighted by molar-refractivity contribution is 5.85. The first kappa shape index (κ1) is 19.8. The van der Waals surface area contributed by atoms with E-state index in [1.807, 2.05) is 12.1 Å². The summed E-state index contributed by atoms with van der Waals surface area (Å²) in [4.78, 5) is 15.8. The first-order chi connectivity index (χ1) is 14.5. The highest BCUT2D eigenvalue weighted by Gasteiger charge is 2.55. The SMILES string of the molecule is COc1cc(OC)c(C2=CCN(C(=O)C34CC5CC(CC(C5)C3)C4)CC2)c(OC)c1. The van der Waals surface area contributed by atoms with Crippen LogP contribution in [0.5, 0.6) is 17.2 Å². The van der Waals surface area contributed by atoms with Crippen molar-refractivity contribution in [2.75, 3.05) is 34.4 Å². The van der Waals surface area contributed by atoms with Crippen LogP contribution in [0.25, 0.3) is 5.57 Å². The highest BCUT2D eigenvalue weighted by atomic mass is 16.5. The van der Waals surface area contributed by atoms with Gasteiger partial charge in [-0.05, 0) is 68.3 Å². The number of hydrogen-bond acceptors (Lipinski definition) is 4. The maximum atomic E-state index is 13.7. The molecule has 5 heteroatoms. The quantitative estimate of drug-likeness (QED) is 0.713. The predicted octanol–water partition coefficient (Wildman–Crippen LogP) is 4.54. The molecular weight excluding hydrogens is 378 g/mol. The van der Waals surface area contributed by atoms with Crippen molar-refractivity contribution >= 4 is 11.5 Å². The number of benzene rings is 1. The van der Waals surface area contributed by atoms with E-state index in [0.29, 0.717) is 18.2 Å². The zero-order valence-corrected chi connectivity index (χ0v) is 18.4. The van der Waals surface area contributed by atoms with Crippen LogP contribution in [-0.2, 0) is 4.79 Å². The summed E-state index contributed by atoms with van der Waals surface area (Å²) < 4.78 is 16.7. The number of carbonyl (C=O) groups excluding carboxylic acids is 1. The summed E-state index contributed by atoms with van der Waals surface area (Å²) in [5.74, 6) is 5.02. The fraction of sp³-hybridized carbons (Fsp3) is 0.640. The highest BCUT2D eigenvalue weighted by Crippen LogP contribution is 2.60. The van der Waals surface area contributed by atoms with Crippen LogP contribution in [0.2, 0.25) is 0 Å². The summed E-state index contributed by atoms with van der Waals surface area (Å²) in [6.45, 7) is 1.44. The second kappa shape index (κ2) is 7.51. The number of nitrogens with zero attached hydrogens (tertiary/aromatic N) is 1. The number of amides is 1. The summed E-state index contributed by atoms with van der Waals surface area (Å²) in [5, 5.41) is 0. The normalized spacial score (nSPS) is 32.0. The van der Waals surface area contributed by atoms with Gasteiger partial charge in [0, 0.05) is 25.2 Å². The van der Waals surface area contributed by atoms with E-state index >= 15 is 0 Å². The molecule has 5 aliphatic rings. The van der Waals surface area contributed by atoms with Crippen LogP contribution in [-0.4, -0.2) is 45.2 Å². The van der Waals surface area contributed by atoms with E-state index in [0.717, 1.165) is 67.0 Å². The van der Waals surface area contributed by atoms with Gasteiger partial charge in [0.25, 0.3) is 0 Å². The van der Waals surface area contributed by atoms with Crippen LogP contribution in [0.1, 0.15) is 50.5 Å². The van der Waals surface area contributed by atoms with Crippen LogP contribution in [0.4, 0.5) is 0 Å². The Bertz CT molecular complexity index is 814. The lowest BCUT2D eigenvalue weighted by molar-refractivity contribution is -0.157. The Balaban J connectivity index is 1.37. The van der Waals surface area contributed by atoms with Crippen molar-refractivity contribution < 1.29 is 19.0 Å². The van der Waals surface area contributed by atoms with E-state index in [-0.39, 0.29) is 5.41 Å². The van der Waals surface area contributed by atoms with Crippen molar-refractivity contribution in [1.82, 2.24) is 4.90 Å². The molecule has 4 aliphatic carbocycles. The molecule has 0 N–H and O–H groups in total. The molecule has 0 saturated heterocycles. The Hall–Kier alpha value is -2.17. The Kier molecular flexibility index (Phi) is 4.95. The van der Waals surface area contributed by atoms with Crippen LogP contribution >= 0.6 is 0 Å². The van der Waals surface area contributed by atoms with E-state index in [9.17, 15) is 4.79 Å². The van der Waals surface area contributed by atoms with Gasteiger partial charge in [0.15, 0.2) is 0 Å². The molecule has 1 aromatic rings. The van der Waals surface area contributed by atoms with Gasteiger partial charge in [0.2, 0.25) is 5.91 Å². The second-order valence-electron chi connectivity index (χ2n) is 9.84. The third kappa shape index (κ3) is 3.17. The molecule has 0 radical (unpaired) electrons. The van der Waals surface area contributed by atoms with Gasteiger partial charge in [0.05, 0.1) is 32.3 Å². The number of hydrogen-bond donors (Lipinski definition) is 0. The van der Waals surface area contributed by atoms with Gasteiger partial charge in [-0.15, -0.1) is 0 Å². The van der Waals surface area contributed by atoms with Gasteiger partial charge in [-0.2, -0.15) is 0 Å². The molecule has 0 unspecified atom stereocenters. The summed E-state index contributed by atoms with van der Waals surface area (Å²) in [7, 11) is 4.98. The third-order valence-electron chi connectivity index (χ3n) is 8.02. The molecule has 1 amide bonds. The fourth-order valence-corrected chi connectivity index (χ4v) is 7.11. The molecule has 1 aliphatic heterocycles. The van der Waals surface area contributed by atoms with Crippen LogP contribution in [0.15, 0.2) is 18.2 Å². The van der Waals surface area contributed by atoms with Crippen LogP contribution in [0.3, 0.4) is 0 Å². The van der Waals surface area contributed by atoms with Crippen molar-refractivity contribution in [3.05, 3.63) is 23.8 Å². The largest absolute Gasteiger partial charge is 0.496 e. The molecule has 4 saturated carbocycles. The van der Waals surface area contributed by atoms with Crippen molar-refractivity contribution in [3.63, 3.8) is 0 Å². The minimum absolute atomic E-state index is 0.0599. The molecule has 4 fully saturated rings. The standard InChI is InChI=1S/C25H33NO4/c1-28-20-11-21(29-2)23(22(12-20)30-3)19-4-6-26(7-5-19)24(27)25-13-16-8-17(14-25)10-18(9-16)15-25/h4,11-12,16-18H,5-10,13-15H2,1-3H3. The number of ether oxygens (including phenoxy) is 3. The molecular formula is C25H33NO4. The Morgan fingerprint density at radius 2 is 1.50 bits per heavy atom. The molecule has 0 aromatic heterocycles. The van der Waals surface area contributed by atoms with Gasteiger partial charge in [-0.3, -0.25) is 4.79 Å². The molecule has 0 atom stereocenters.